The van der Waals surface area contributed by atoms with Crippen LogP contribution in [0.15, 0.2) is 47.1 Å². The van der Waals surface area contributed by atoms with E-state index in [1.807, 2.05) is 24.3 Å². The molecule has 2 aliphatic rings. The zero-order chi connectivity index (χ0) is 23.9. The topological polar surface area (TPSA) is 110 Å². The van der Waals surface area contributed by atoms with Crippen molar-refractivity contribution < 1.29 is 22.7 Å². The molecule has 2 aromatic heterocycles. The van der Waals surface area contributed by atoms with E-state index in [0.29, 0.717) is 36.4 Å². The fourth-order valence-electron chi connectivity index (χ4n) is 4.41. The lowest BCUT2D eigenvalue weighted by molar-refractivity contribution is 0.0595. The van der Waals surface area contributed by atoms with E-state index in [0.717, 1.165) is 22.5 Å². The molecule has 0 fully saturated rings. The Balaban J connectivity index is 1.50. The Labute approximate surface area is 201 Å². The summed E-state index contributed by atoms with van der Waals surface area (Å²) in [6.07, 6.45) is 5.29. The van der Waals surface area contributed by atoms with Gasteiger partial charge in [0.1, 0.15) is 9.90 Å². The zero-order valence-corrected chi connectivity index (χ0v) is 20.1. The van der Waals surface area contributed by atoms with Gasteiger partial charge < -0.3 is 9.64 Å². The zero-order valence-electron chi connectivity index (χ0n) is 18.4. The fourth-order valence-corrected chi connectivity index (χ4v) is 7.86. The maximum Gasteiger partial charge on any atom is 0.340 e. The van der Waals surface area contributed by atoms with E-state index in [9.17, 15) is 18.0 Å². The number of ether oxygens (including phenoxy) is 1. The summed E-state index contributed by atoms with van der Waals surface area (Å²) >= 11 is 1.04. The summed E-state index contributed by atoms with van der Waals surface area (Å²) in [6.45, 7) is 1.11. The number of carbonyl (C=O) groups excluding carboxylic acids is 2. The summed E-state index contributed by atoms with van der Waals surface area (Å²) < 4.78 is 33.8. The summed E-state index contributed by atoms with van der Waals surface area (Å²) in [5.74, 6) is -0.967. The smallest absolute Gasteiger partial charge is 0.340 e. The minimum atomic E-state index is -3.95. The number of hydrogen-bond donors (Lipinski definition) is 0. The van der Waals surface area contributed by atoms with Gasteiger partial charge in [0.05, 0.1) is 25.4 Å². The fraction of sp³-hybridized carbons (Fsp3) is 0.304. The standard InChI is InChI=1S/C23H22N4O5S2/c1-32-22(29)20-17-7-10-26(21(28)18-12-24-8-9-25-18)14-19(17)33-23(20)34(30,31)27-11-6-15-4-2-3-5-16(15)13-27/h2-5,8-9,12H,6-7,10-11,13-14H2,1H3. The van der Waals surface area contributed by atoms with Gasteiger partial charge >= 0.3 is 5.97 Å². The third-order valence-electron chi connectivity index (χ3n) is 6.15. The van der Waals surface area contributed by atoms with Crippen molar-refractivity contribution in [3.05, 3.63) is 75.7 Å². The molecule has 3 aromatic rings. The van der Waals surface area contributed by atoms with E-state index >= 15 is 0 Å². The van der Waals surface area contributed by atoms with Gasteiger partial charge in [-0.2, -0.15) is 4.31 Å². The highest BCUT2D eigenvalue weighted by atomic mass is 32.2. The largest absolute Gasteiger partial charge is 0.465 e. The highest BCUT2D eigenvalue weighted by Crippen LogP contribution is 2.39. The van der Waals surface area contributed by atoms with E-state index in [1.165, 1.54) is 30.0 Å². The van der Waals surface area contributed by atoms with Crippen molar-refractivity contribution in [3.63, 3.8) is 0 Å². The van der Waals surface area contributed by atoms with Gasteiger partial charge in [0.2, 0.25) is 0 Å². The lowest BCUT2D eigenvalue weighted by atomic mass is 10.0. The number of sulfonamides is 1. The van der Waals surface area contributed by atoms with Gasteiger partial charge in [-0.25, -0.2) is 18.2 Å². The molecule has 34 heavy (non-hydrogen) atoms. The van der Waals surface area contributed by atoms with Crippen molar-refractivity contribution in [3.8, 4) is 0 Å². The molecule has 0 aliphatic carbocycles. The number of rotatable bonds is 4. The van der Waals surface area contributed by atoms with Gasteiger partial charge in [-0.1, -0.05) is 24.3 Å². The van der Waals surface area contributed by atoms with Crippen LogP contribution in [0.3, 0.4) is 0 Å². The van der Waals surface area contributed by atoms with Gasteiger partial charge in [0.25, 0.3) is 15.9 Å². The normalized spacial score (nSPS) is 16.0. The van der Waals surface area contributed by atoms with Crippen LogP contribution in [-0.2, 0) is 40.7 Å². The van der Waals surface area contributed by atoms with Gasteiger partial charge in [-0.3, -0.25) is 9.78 Å². The van der Waals surface area contributed by atoms with Crippen LogP contribution in [0.1, 0.15) is 42.4 Å². The van der Waals surface area contributed by atoms with E-state index in [4.69, 9.17) is 4.74 Å². The summed E-state index contributed by atoms with van der Waals surface area (Å²) in [7, 11) is -2.71. The third-order valence-corrected chi connectivity index (χ3v) is 9.71. The number of esters is 1. The number of fused-ring (bicyclic) bond motifs is 2. The molecule has 0 radical (unpaired) electrons. The minimum absolute atomic E-state index is 0.0162. The first kappa shape index (κ1) is 22.6. The minimum Gasteiger partial charge on any atom is -0.465 e. The molecule has 5 rings (SSSR count). The van der Waals surface area contributed by atoms with Crippen LogP contribution >= 0.6 is 11.3 Å². The molecule has 0 atom stereocenters. The molecule has 2 aliphatic heterocycles. The molecule has 1 amide bonds. The maximum absolute atomic E-state index is 13.7. The third kappa shape index (κ3) is 3.89. The number of methoxy groups -OCH3 is 1. The van der Waals surface area contributed by atoms with Crippen LogP contribution in [0.5, 0.6) is 0 Å². The van der Waals surface area contributed by atoms with E-state index < -0.39 is 16.0 Å². The number of thiophene rings is 1. The Morgan fingerprint density at radius 1 is 1.06 bits per heavy atom. The van der Waals surface area contributed by atoms with Gasteiger partial charge in [0.15, 0.2) is 0 Å². The quantitative estimate of drug-likeness (QED) is 0.508. The van der Waals surface area contributed by atoms with Crippen LogP contribution < -0.4 is 0 Å². The second kappa shape index (κ2) is 8.90. The lowest BCUT2D eigenvalue weighted by Crippen LogP contribution is -2.36. The number of aromatic nitrogens is 2. The van der Waals surface area contributed by atoms with Crippen LogP contribution in [0, 0.1) is 0 Å². The number of benzene rings is 1. The molecular formula is C23H22N4O5S2. The predicted molar refractivity (Wildman–Crippen MR) is 124 cm³/mol. The number of amides is 1. The highest BCUT2D eigenvalue weighted by molar-refractivity contribution is 7.91. The van der Waals surface area contributed by atoms with Crippen molar-refractivity contribution in [2.24, 2.45) is 0 Å². The molecule has 0 N–H and O–H groups in total. The van der Waals surface area contributed by atoms with Gasteiger partial charge in [0, 0.05) is 36.9 Å². The monoisotopic (exact) mass is 498 g/mol. The average molecular weight is 499 g/mol. The van der Waals surface area contributed by atoms with Crippen LogP contribution in [-0.4, -0.2) is 59.7 Å². The molecule has 0 unspecified atom stereocenters. The lowest BCUT2D eigenvalue weighted by Gasteiger charge is -2.27. The molecule has 0 saturated carbocycles. The van der Waals surface area contributed by atoms with Gasteiger partial charge in [-0.05, 0) is 29.5 Å². The first-order chi connectivity index (χ1) is 16.4. The summed E-state index contributed by atoms with van der Waals surface area (Å²) in [6, 6.07) is 7.76. The molecule has 9 nitrogen and oxygen atoms in total. The Kier molecular flexibility index (Phi) is 5.92. The Morgan fingerprint density at radius 2 is 1.85 bits per heavy atom. The molecule has 0 bridgehead atoms. The maximum atomic E-state index is 13.7. The van der Waals surface area contributed by atoms with Crippen molar-refractivity contribution in [1.82, 2.24) is 19.2 Å². The van der Waals surface area contributed by atoms with Crippen molar-refractivity contribution >= 4 is 33.2 Å². The second-order valence-corrected chi connectivity index (χ2v) is 11.3. The number of hydrogen-bond acceptors (Lipinski definition) is 8. The molecule has 1 aromatic carbocycles. The van der Waals surface area contributed by atoms with E-state index in [2.05, 4.69) is 9.97 Å². The summed E-state index contributed by atoms with van der Waals surface area (Å²) in [4.78, 5) is 35.9. The Morgan fingerprint density at radius 3 is 2.59 bits per heavy atom. The van der Waals surface area contributed by atoms with Crippen molar-refractivity contribution in [2.75, 3.05) is 20.2 Å². The van der Waals surface area contributed by atoms with Crippen LogP contribution in [0.25, 0.3) is 0 Å². The van der Waals surface area contributed by atoms with E-state index in [-0.39, 0.29) is 34.5 Å². The van der Waals surface area contributed by atoms with Crippen molar-refractivity contribution in [1.29, 1.82) is 0 Å². The molecule has 11 heteroatoms. The first-order valence-corrected chi connectivity index (χ1v) is 13.0. The Bertz CT molecular complexity index is 1370. The van der Waals surface area contributed by atoms with Crippen molar-refractivity contribution in [2.45, 2.75) is 30.1 Å². The summed E-state index contributed by atoms with van der Waals surface area (Å²) in [5.41, 5.74) is 3.03. The first-order valence-electron chi connectivity index (χ1n) is 10.7. The van der Waals surface area contributed by atoms with Crippen LogP contribution in [0.2, 0.25) is 0 Å². The molecule has 176 valence electrons. The highest BCUT2D eigenvalue weighted by Gasteiger charge is 2.38. The molecule has 0 saturated heterocycles. The van der Waals surface area contributed by atoms with E-state index in [1.54, 1.807) is 4.90 Å². The summed E-state index contributed by atoms with van der Waals surface area (Å²) in [5, 5.41) is 0. The van der Waals surface area contributed by atoms with Gasteiger partial charge in [-0.15, -0.1) is 11.3 Å². The second-order valence-electron chi connectivity index (χ2n) is 8.08. The predicted octanol–water partition coefficient (Wildman–Crippen LogP) is 2.27. The average Bonchev–Trinajstić information content (AvgIpc) is 3.27. The molecule has 4 heterocycles. The number of nitrogens with zero attached hydrogens (tertiary/aromatic N) is 4. The SMILES string of the molecule is COC(=O)c1c(S(=O)(=O)N2CCc3ccccc3C2)sc2c1CCN(C(=O)c1cnccn1)C2. The van der Waals surface area contributed by atoms with Crippen LogP contribution in [0.4, 0.5) is 0 Å². The Hall–Kier alpha value is -3.15. The molecular weight excluding hydrogens is 476 g/mol. The number of carbonyl (C=O) groups is 2. The molecule has 0 spiro atoms.